The van der Waals surface area contributed by atoms with E-state index >= 15 is 0 Å². The molecule has 1 aromatic carbocycles. The summed E-state index contributed by atoms with van der Waals surface area (Å²) in [5.41, 5.74) is 4.10. The lowest BCUT2D eigenvalue weighted by molar-refractivity contribution is 0.0726. The number of aromatic amines is 1. The zero-order chi connectivity index (χ0) is 18.6. The smallest absolute Gasteiger partial charge is 0.247 e. The topological polar surface area (TPSA) is 39.3 Å². The van der Waals surface area contributed by atoms with E-state index in [9.17, 15) is 4.79 Å². The van der Waals surface area contributed by atoms with Gasteiger partial charge in [-0.15, -0.1) is 0 Å². The first kappa shape index (κ1) is 18.5. The molecule has 27 heavy (non-hydrogen) atoms. The Labute approximate surface area is 162 Å². The fourth-order valence-corrected chi connectivity index (χ4v) is 4.78. The first-order valence-electron chi connectivity index (χ1n) is 10.4. The molecule has 2 aliphatic rings. The molecule has 1 aliphatic carbocycles. The largest absolute Gasteiger partial charge is 0.329 e. The molecule has 1 aromatic heterocycles. The Morgan fingerprint density at radius 3 is 2.44 bits per heavy atom. The second-order valence-corrected chi connectivity index (χ2v) is 8.29. The van der Waals surface area contributed by atoms with Crippen LogP contribution in [-0.2, 0) is 6.54 Å². The zero-order valence-corrected chi connectivity index (χ0v) is 16.4. The maximum absolute atomic E-state index is 11.2. The Bertz CT molecular complexity index is 779. The van der Waals surface area contributed by atoms with Crippen molar-refractivity contribution in [1.82, 2.24) is 14.8 Å². The maximum Gasteiger partial charge on any atom is 0.247 e. The van der Waals surface area contributed by atoms with E-state index < -0.39 is 0 Å². The number of benzene rings is 1. The molecule has 1 saturated heterocycles. The van der Waals surface area contributed by atoms with Crippen LogP contribution >= 0.6 is 0 Å². The highest BCUT2D eigenvalue weighted by molar-refractivity contribution is 5.26. The number of aryl methyl sites for hydroxylation is 1. The minimum atomic E-state index is -0.0233. The van der Waals surface area contributed by atoms with E-state index in [0.717, 1.165) is 31.6 Å². The molecular weight excluding hydrogens is 334 g/mol. The Balaban J connectivity index is 1.24. The predicted octanol–water partition coefficient (Wildman–Crippen LogP) is 3.53. The Kier molecular flexibility index (Phi) is 5.74. The summed E-state index contributed by atoms with van der Waals surface area (Å²) in [4.78, 5) is 19.2. The summed E-state index contributed by atoms with van der Waals surface area (Å²) >= 11 is 0. The lowest BCUT2D eigenvalue weighted by Gasteiger charge is -2.42. The average molecular weight is 366 g/mol. The van der Waals surface area contributed by atoms with Crippen molar-refractivity contribution in [3.8, 4) is 0 Å². The SMILES string of the molecule is Cc1cccc(C2CCC(N3CCN(Cc4ccc(=O)[nH]c4)CC3)CC2)c1. The molecular formula is C23H31N3O. The summed E-state index contributed by atoms with van der Waals surface area (Å²) in [5.74, 6) is 0.752. The van der Waals surface area contributed by atoms with Crippen LogP contribution in [0.25, 0.3) is 0 Å². The first-order chi connectivity index (χ1) is 13.2. The molecule has 1 N–H and O–H groups in total. The van der Waals surface area contributed by atoms with Crippen molar-refractivity contribution in [3.63, 3.8) is 0 Å². The van der Waals surface area contributed by atoms with Gasteiger partial charge in [0.2, 0.25) is 5.56 Å². The molecule has 144 valence electrons. The van der Waals surface area contributed by atoms with Gasteiger partial charge in [0.25, 0.3) is 0 Å². The fraction of sp³-hybridized carbons (Fsp3) is 0.522. The molecule has 0 amide bonds. The zero-order valence-electron chi connectivity index (χ0n) is 16.4. The Morgan fingerprint density at radius 2 is 1.78 bits per heavy atom. The number of piperazine rings is 1. The number of nitrogens with zero attached hydrogens (tertiary/aromatic N) is 2. The summed E-state index contributed by atoms with van der Waals surface area (Å²) in [7, 11) is 0. The number of nitrogens with one attached hydrogen (secondary N) is 1. The molecule has 0 bridgehead atoms. The highest BCUT2D eigenvalue weighted by atomic mass is 16.1. The number of hydrogen-bond acceptors (Lipinski definition) is 3. The quantitative estimate of drug-likeness (QED) is 0.901. The van der Waals surface area contributed by atoms with Crippen molar-refractivity contribution in [3.05, 3.63) is 69.6 Å². The van der Waals surface area contributed by atoms with Gasteiger partial charge in [-0.1, -0.05) is 35.9 Å². The normalized spacial score (nSPS) is 24.8. The molecule has 0 spiro atoms. The van der Waals surface area contributed by atoms with E-state index in [1.165, 1.54) is 49.9 Å². The fourth-order valence-electron chi connectivity index (χ4n) is 4.78. The van der Waals surface area contributed by atoms with Crippen molar-refractivity contribution in [2.24, 2.45) is 0 Å². The van der Waals surface area contributed by atoms with Crippen LogP contribution in [0.2, 0.25) is 0 Å². The number of H-pyrrole nitrogens is 1. The van der Waals surface area contributed by atoms with Crippen molar-refractivity contribution in [2.45, 2.75) is 51.1 Å². The molecule has 4 heteroatoms. The minimum absolute atomic E-state index is 0.0233. The van der Waals surface area contributed by atoms with Gasteiger partial charge in [0, 0.05) is 51.0 Å². The van der Waals surface area contributed by atoms with Crippen molar-refractivity contribution < 1.29 is 0 Å². The predicted molar refractivity (Wildman–Crippen MR) is 110 cm³/mol. The van der Waals surface area contributed by atoms with Gasteiger partial charge < -0.3 is 4.98 Å². The standard InChI is InChI=1S/C23H31N3O/c1-18-3-2-4-21(15-18)20-6-8-22(9-7-20)26-13-11-25(12-14-26)17-19-5-10-23(27)24-16-19/h2-5,10,15-16,20,22H,6-9,11-14,17H2,1H3,(H,24,27). The van der Waals surface area contributed by atoms with Crippen LogP contribution in [-0.4, -0.2) is 47.0 Å². The highest BCUT2D eigenvalue weighted by Crippen LogP contribution is 2.35. The van der Waals surface area contributed by atoms with E-state index in [1.807, 2.05) is 12.3 Å². The lowest BCUT2D eigenvalue weighted by atomic mass is 9.81. The van der Waals surface area contributed by atoms with E-state index in [2.05, 4.69) is 46.0 Å². The molecule has 4 nitrogen and oxygen atoms in total. The van der Waals surface area contributed by atoms with Crippen molar-refractivity contribution >= 4 is 0 Å². The summed E-state index contributed by atoms with van der Waals surface area (Å²) in [5, 5.41) is 0. The van der Waals surface area contributed by atoms with Crippen LogP contribution < -0.4 is 5.56 Å². The number of rotatable bonds is 4. The van der Waals surface area contributed by atoms with Gasteiger partial charge in [-0.05, 0) is 49.7 Å². The van der Waals surface area contributed by atoms with E-state index in [0.29, 0.717) is 0 Å². The van der Waals surface area contributed by atoms with Gasteiger partial charge >= 0.3 is 0 Å². The molecule has 0 unspecified atom stereocenters. The minimum Gasteiger partial charge on any atom is -0.329 e. The van der Waals surface area contributed by atoms with Crippen LogP contribution in [0.15, 0.2) is 47.4 Å². The highest BCUT2D eigenvalue weighted by Gasteiger charge is 2.28. The molecule has 1 aliphatic heterocycles. The average Bonchev–Trinajstić information content (AvgIpc) is 2.71. The number of aromatic nitrogens is 1. The number of hydrogen-bond donors (Lipinski definition) is 1. The Hall–Kier alpha value is -1.91. The van der Waals surface area contributed by atoms with Crippen LogP contribution in [0.3, 0.4) is 0 Å². The van der Waals surface area contributed by atoms with Gasteiger partial charge in [-0.3, -0.25) is 14.6 Å². The maximum atomic E-state index is 11.2. The van der Waals surface area contributed by atoms with Crippen molar-refractivity contribution in [1.29, 1.82) is 0 Å². The molecule has 2 heterocycles. The van der Waals surface area contributed by atoms with Gasteiger partial charge in [-0.2, -0.15) is 0 Å². The molecule has 1 saturated carbocycles. The van der Waals surface area contributed by atoms with Gasteiger partial charge in [-0.25, -0.2) is 0 Å². The van der Waals surface area contributed by atoms with Crippen LogP contribution in [0, 0.1) is 6.92 Å². The Morgan fingerprint density at radius 1 is 1.00 bits per heavy atom. The van der Waals surface area contributed by atoms with Crippen LogP contribution in [0.4, 0.5) is 0 Å². The second-order valence-electron chi connectivity index (χ2n) is 8.29. The molecule has 2 fully saturated rings. The second kappa shape index (κ2) is 8.41. The van der Waals surface area contributed by atoms with Crippen LogP contribution in [0.5, 0.6) is 0 Å². The first-order valence-corrected chi connectivity index (χ1v) is 10.4. The molecule has 0 atom stereocenters. The van der Waals surface area contributed by atoms with Crippen LogP contribution in [0.1, 0.15) is 48.3 Å². The third-order valence-electron chi connectivity index (χ3n) is 6.39. The summed E-state index contributed by atoms with van der Waals surface area (Å²) < 4.78 is 0. The van der Waals surface area contributed by atoms with Gasteiger partial charge in [0.05, 0.1) is 0 Å². The molecule has 0 radical (unpaired) electrons. The summed E-state index contributed by atoms with van der Waals surface area (Å²) in [6, 6.07) is 13.4. The van der Waals surface area contributed by atoms with E-state index in [-0.39, 0.29) is 5.56 Å². The molecule has 2 aromatic rings. The monoisotopic (exact) mass is 365 g/mol. The lowest BCUT2D eigenvalue weighted by Crippen LogP contribution is -2.50. The van der Waals surface area contributed by atoms with E-state index in [4.69, 9.17) is 0 Å². The van der Waals surface area contributed by atoms with Gasteiger partial charge in [0.1, 0.15) is 0 Å². The third-order valence-corrected chi connectivity index (χ3v) is 6.39. The molecule has 4 rings (SSSR count). The number of pyridine rings is 1. The third kappa shape index (κ3) is 4.69. The summed E-state index contributed by atoms with van der Waals surface area (Å²) in [6.07, 6.45) is 7.16. The van der Waals surface area contributed by atoms with E-state index in [1.54, 1.807) is 11.6 Å². The van der Waals surface area contributed by atoms with Crippen molar-refractivity contribution in [2.75, 3.05) is 26.2 Å². The van der Waals surface area contributed by atoms with Gasteiger partial charge in [0.15, 0.2) is 0 Å². The summed E-state index contributed by atoms with van der Waals surface area (Å²) in [6.45, 7) is 7.71.